The standard InChI is InChI=1S/C27H24ClFN2O/c1-18-7-9-21(10-8-18)17-32-30-19(2)26-16-27(22-11-13-24(29)14-12-22)31(20(26)3)25-6-4-5-23(28)15-25/h4-16H,17H2,1-3H3/b30-19-. The Bertz CT molecular complexity index is 1260. The molecule has 4 aromatic rings. The Morgan fingerprint density at radius 1 is 0.969 bits per heavy atom. The molecule has 1 heterocycles. The topological polar surface area (TPSA) is 26.5 Å². The maximum Gasteiger partial charge on any atom is 0.142 e. The van der Waals surface area contributed by atoms with Gasteiger partial charge in [0.25, 0.3) is 0 Å². The lowest BCUT2D eigenvalue weighted by Crippen LogP contribution is -2.02. The largest absolute Gasteiger partial charge is 0.391 e. The lowest BCUT2D eigenvalue weighted by atomic mass is 10.1. The van der Waals surface area contributed by atoms with Gasteiger partial charge in [-0.3, -0.25) is 0 Å². The number of benzene rings is 3. The number of aromatic nitrogens is 1. The molecule has 0 aliphatic rings. The fourth-order valence-electron chi connectivity index (χ4n) is 3.69. The van der Waals surface area contributed by atoms with Gasteiger partial charge in [0.05, 0.1) is 11.4 Å². The number of hydrogen-bond acceptors (Lipinski definition) is 2. The highest BCUT2D eigenvalue weighted by atomic mass is 35.5. The Kier molecular flexibility index (Phi) is 6.42. The van der Waals surface area contributed by atoms with E-state index >= 15 is 0 Å². The summed E-state index contributed by atoms with van der Waals surface area (Å²) in [6.45, 7) is 6.41. The van der Waals surface area contributed by atoms with E-state index in [1.54, 1.807) is 12.1 Å². The minimum absolute atomic E-state index is 0.270. The molecule has 4 rings (SSSR count). The molecule has 0 unspecified atom stereocenters. The quantitative estimate of drug-likeness (QED) is 0.222. The SMILES string of the molecule is C/C(=N/OCc1ccc(C)cc1)c1cc(-c2ccc(F)cc2)n(-c2cccc(Cl)c2)c1C. The van der Waals surface area contributed by atoms with Crippen LogP contribution < -0.4 is 0 Å². The van der Waals surface area contributed by atoms with Crippen LogP contribution in [0.2, 0.25) is 5.02 Å². The van der Waals surface area contributed by atoms with Crippen molar-refractivity contribution in [3.8, 4) is 16.9 Å². The Hall–Kier alpha value is -3.37. The molecular weight excluding hydrogens is 423 g/mol. The first-order valence-electron chi connectivity index (χ1n) is 10.4. The van der Waals surface area contributed by atoms with Crippen LogP contribution in [-0.2, 0) is 11.4 Å². The minimum Gasteiger partial charge on any atom is -0.391 e. The highest BCUT2D eigenvalue weighted by Gasteiger charge is 2.17. The molecule has 0 amide bonds. The van der Waals surface area contributed by atoms with Crippen molar-refractivity contribution in [2.75, 3.05) is 0 Å². The van der Waals surface area contributed by atoms with E-state index in [-0.39, 0.29) is 5.82 Å². The van der Waals surface area contributed by atoms with Gasteiger partial charge < -0.3 is 9.40 Å². The summed E-state index contributed by atoms with van der Waals surface area (Å²) in [4.78, 5) is 5.63. The number of nitrogens with zero attached hydrogens (tertiary/aromatic N) is 2. The van der Waals surface area contributed by atoms with Crippen LogP contribution in [0, 0.1) is 19.7 Å². The monoisotopic (exact) mass is 446 g/mol. The average molecular weight is 447 g/mol. The van der Waals surface area contributed by atoms with E-state index in [9.17, 15) is 4.39 Å². The van der Waals surface area contributed by atoms with Crippen LogP contribution in [0.4, 0.5) is 4.39 Å². The van der Waals surface area contributed by atoms with Gasteiger partial charge in [0.15, 0.2) is 0 Å². The van der Waals surface area contributed by atoms with E-state index < -0.39 is 0 Å². The lowest BCUT2D eigenvalue weighted by Gasteiger charge is -2.13. The zero-order valence-electron chi connectivity index (χ0n) is 18.3. The first kappa shape index (κ1) is 21.8. The predicted molar refractivity (Wildman–Crippen MR) is 129 cm³/mol. The zero-order chi connectivity index (χ0) is 22.7. The van der Waals surface area contributed by atoms with Gasteiger partial charge >= 0.3 is 0 Å². The molecule has 1 aromatic heterocycles. The van der Waals surface area contributed by atoms with Crippen LogP contribution in [0.5, 0.6) is 0 Å². The van der Waals surface area contributed by atoms with Gasteiger partial charge in [-0.1, -0.05) is 52.7 Å². The molecule has 0 bridgehead atoms. The van der Waals surface area contributed by atoms with Crippen molar-refractivity contribution in [2.45, 2.75) is 27.4 Å². The molecular formula is C27H24ClFN2O. The van der Waals surface area contributed by atoms with Gasteiger partial charge in [0.1, 0.15) is 12.4 Å². The molecule has 162 valence electrons. The first-order valence-corrected chi connectivity index (χ1v) is 10.8. The van der Waals surface area contributed by atoms with Crippen molar-refractivity contribution in [3.05, 3.63) is 112 Å². The van der Waals surface area contributed by atoms with Crippen molar-refractivity contribution < 1.29 is 9.23 Å². The predicted octanol–water partition coefficient (Wildman–Crippen LogP) is 7.49. The molecule has 0 atom stereocenters. The van der Waals surface area contributed by atoms with Crippen molar-refractivity contribution in [1.29, 1.82) is 0 Å². The molecule has 3 aromatic carbocycles. The highest BCUT2D eigenvalue weighted by Crippen LogP contribution is 2.31. The van der Waals surface area contributed by atoms with E-state index in [2.05, 4.69) is 34.8 Å². The smallest absolute Gasteiger partial charge is 0.142 e. The van der Waals surface area contributed by atoms with E-state index in [4.69, 9.17) is 16.4 Å². The third-order valence-corrected chi connectivity index (χ3v) is 5.63. The Morgan fingerprint density at radius 2 is 1.69 bits per heavy atom. The van der Waals surface area contributed by atoms with Crippen LogP contribution in [0.3, 0.4) is 0 Å². The van der Waals surface area contributed by atoms with Crippen LogP contribution in [0.1, 0.15) is 29.3 Å². The van der Waals surface area contributed by atoms with Crippen LogP contribution in [0.15, 0.2) is 84.0 Å². The second kappa shape index (κ2) is 9.41. The summed E-state index contributed by atoms with van der Waals surface area (Å²) < 4.78 is 15.6. The summed E-state index contributed by atoms with van der Waals surface area (Å²) >= 11 is 6.27. The summed E-state index contributed by atoms with van der Waals surface area (Å²) in [5.41, 5.74) is 7.72. The number of halogens is 2. The molecule has 0 aliphatic carbocycles. The molecule has 0 saturated heterocycles. The third-order valence-electron chi connectivity index (χ3n) is 5.40. The van der Waals surface area contributed by atoms with Gasteiger partial charge in [-0.15, -0.1) is 0 Å². The zero-order valence-corrected chi connectivity index (χ0v) is 19.0. The van der Waals surface area contributed by atoms with Gasteiger partial charge in [-0.05, 0) is 80.4 Å². The summed E-state index contributed by atoms with van der Waals surface area (Å²) in [6.07, 6.45) is 0. The molecule has 0 N–H and O–H groups in total. The summed E-state index contributed by atoms with van der Waals surface area (Å²) in [6, 6.07) is 24.4. The van der Waals surface area contributed by atoms with Crippen molar-refractivity contribution in [2.24, 2.45) is 5.16 Å². The van der Waals surface area contributed by atoms with E-state index in [0.717, 1.165) is 39.5 Å². The van der Waals surface area contributed by atoms with E-state index in [0.29, 0.717) is 11.6 Å². The van der Waals surface area contributed by atoms with Gasteiger partial charge in [-0.25, -0.2) is 4.39 Å². The van der Waals surface area contributed by atoms with Gasteiger partial charge in [0, 0.05) is 22.0 Å². The highest BCUT2D eigenvalue weighted by molar-refractivity contribution is 6.30. The fourth-order valence-corrected chi connectivity index (χ4v) is 3.88. The summed E-state index contributed by atoms with van der Waals surface area (Å²) in [7, 11) is 0. The number of hydrogen-bond donors (Lipinski definition) is 0. The number of rotatable bonds is 6. The van der Waals surface area contributed by atoms with Crippen molar-refractivity contribution in [3.63, 3.8) is 0 Å². The maximum atomic E-state index is 13.5. The van der Waals surface area contributed by atoms with Gasteiger partial charge in [0.2, 0.25) is 0 Å². The Balaban J connectivity index is 1.71. The fraction of sp³-hybridized carbons (Fsp3) is 0.148. The van der Waals surface area contributed by atoms with E-state index in [1.165, 1.54) is 17.7 Å². The normalized spacial score (nSPS) is 11.6. The second-order valence-electron chi connectivity index (χ2n) is 7.79. The molecule has 0 fully saturated rings. The molecule has 0 saturated carbocycles. The lowest BCUT2D eigenvalue weighted by molar-refractivity contribution is 0.130. The second-order valence-corrected chi connectivity index (χ2v) is 8.22. The van der Waals surface area contributed by atoms with Gasteiger partial charge in [-0.2, -0.15) is 0 Å². The molecule has 5 heteroatoms. The van der Waals surface area contributed by atoms with Crippen LogP contribution in [0.25, 0.3) is 16.9 Å². The van der Waals surface area contributed by atoms with Crippen LogP contribution >= 0.6 is 11.6 Å². The number of aryl methyl sites for hydroxylation is 1. The van der Waals surface area contributed by atoms with E-state index in [1.807, 2.05) is 50.2 Å². The Morgan fingerprint density at radius 3 is 2.38 bits per heavy atom. The Labute approximate surface area is 192 Å². The molecule has 32 heavy (non-hydrogen) atoms. The summed E-state index contributed by atoms with van der Waals surface area (Å²) in [5.74, 6) is -0.270. The maximum absolute atomic E-state index is 13.5. The number of oxime groups is 1. The molecule has 0 spiro atoms. The molecule has 3 nitrogen and oxygen atoms in total. The minimum atomic E-state index is -0.270. The van der Waals surface area contributed by atoms with Crippen LogP contribution in [-0.4, -0.2) is 10.3 Å². The average Bonchev–Trinajstić information content (AvgIpc) is 3.13. The van der Waals surface area contributed by atoms with Crippen molar-refractivity contribution in [1.82, 2.24) is 4.57 Å². The van der Waals surface area contributed by atoms with Crippen molar-refractivity contribution >= 4 is 17.3 Å². The third kappa shape index (κ3) is 4.76. The first-order chi connectivity index (χ1) is 15.4. The summed E-state index contributed by atoms with van der Waals surface area (Å²) in [5, 5.41) is 5.01. The molecule has 0 aliphatic heterocycles. The molecule has 0 radical (unpaired) electrons.